The van der Waals surface area contributed by atoms with Gasteiger partial charge in [-0.3, -0.25) is 14.4 Å². The second kappa shape index (κ2) is 8.89. The highest BCUT2D eigenvalue weighted by Gasteiger charge is 2.60. The zero-order valence-electron chi connectivity index (χ0n) is 19.0. The lowest BCUT2D eigenvalue weighted by Gasteiger charge is -2.32. The van der Waals surface area contributed by atoms with E-state index in [0.717, 1.165) is 10.8 Å². The van der Waals surface area contributed by atoms with Crippen LogP contribution in [0.4, 0.5) is 23.2 Å². The fraction of sp³-hybridized carbons (Fsp3) is 0.381. The van der Waals surface area contributed by atoms with E-state index < -0.39 is 72.8 Å². The van der Waals surface area contributed by atoms with Crippen molar-refractivity contribution in [3.8, 4) is 0 Å². The van der Waals surface area contributed by atoms with Gasteiger partial charge in [0.05, 0.1) is 5.54 Å². The molecule has 3 N–H and O–H groups in total. The Morgan fingerprint density at radius 1 is 1.08 bits per heavy atom. The van der Waals surface area contributed by atoms with Gasteiger partial charge in [-0.2, -0.15) is 0 Å². The number of carbonyl (C=O) groups excluding carboxylic acids is 3. The van der Waals surface area contributed by atoms with E-state index in [0.29, 0.717) is 25.0 Å². The normalized spacial score (nSPS) is 21.1. The third-order valence-corrected chi connectivity index (χ3v) is 7.87. The van der Waals surface area contributed by atoms with E-state index in [-0.39, 0.29) is 19.0 Å². The third-order valence-electron chi connectivity index (χ3n) is 6.33. The summed E-state index contributed by atoms with van der Waals surface area (Å²) in [5.74, 6) is -9.37. The third kappa shape index (κ3) is 4.43. The SMILES string of the molecule is CNC(=O)C(=O)N1CCC2CC2(NS(=O)(=O)c2cn(C)c(C(=O)Nc3cc(F)c(F)c(F)c3)c2F)C1. The number of nitrogens with one attached hydrogen (secondary N) is 3. The van der Waals surface area contributed by atoms with Gasteiger partial charge in [-0.05, 0) is 18.8 Å². The molecule has 0 spiro atoms. The predicted molar refractivity (Wildman–Crippen MR) is 116 cm³/mol. The molecular weight excluding hydrogens is 510 g/mol. The number of anilines is 1. The first-order valence-corrected chi connectivity index (χ1v) is 12.1. The van der Waals surface area contributed by atoms with Crippen LogP contribution in [0.25, 0.3) is 0 Å². The fourth-order valence-corrected chi connectivity index (χ4v) is 6.01. The minimum atomic E-state index is -4.54. The number of amides is 3. The van der Waals surface area contributed by atoms with Gasteiger partial charge in [-0.1, -0.05) is 0 Å². The van der Waals surface area contributed by atoms with Gasteiger partial charge in [-0.15, -0.1) is 0 Å². The van der Waals surface area contributed by atoms with Crippen LogP contribution in [-0.2, 0) is 26.7 Å². The minimum absolute atomic E-state index is 0.0906. The van der Waals surface area contributed by atoms with Crippen LogP contribution in [0.5, 0.6) is 0 Å². The smallest absolute Gasteiger partial charge is 0.311 e. The molecule has 2 unspecified atom stereocenters. The Hall–Kier alpha value is -3.46. The zero-order chi connectivity index (χ0) is 26.6. The number of aryl methyl sites for hydroxylation is 1. The summed E-state index contributed by atoms with van der Waals surface area (Å²) in [6.07, 6.45) is 1.65. The van der Waals surface area contributed by atoms with Crippen molar-refractivity contribution in [2.45, 2.75) is 23.3 Å². The second-order valence-corrected chi connectivity index (χ2v) is 10.4. The summed E-state index contributed by atoms with van der Waals surface area (Å²) >= 11 is 0. The quantitative estimate of drug-likeness (QED) is 0.299. The molecule has 2 aliphatic rings. The molecule has 2 fully saturated rings. The molecule has 2 atom stereocenters. The lowest BCUT2D eigenvalue weighted by atomic mass is 10.1. The fourth-order valence-electron chi connectivity index (χ4n) is 4.42. The van der Waals surface area contributed by atoms with E-state index in [1.807, 2.05) is 5.32 Å². The van der Waals surface area contributed by atoms with E-state index in [9.17, 15) is 36.0 Å². The Morgan fingerprint density at radius 3 is 2.33 bits per heavy atom. The highest BCUT2D eigenvalue weighted by Crippen LogP contribution is 2.50. The van der Waals surface area contributed by atoms with Gasteiger partial charge in [0.2, 0.25) is 10.0 Å². The van der Waals surface area contributed by atoms with E-state index >= 15 is 4.39 Å². The summed E-state index contributed by atoms with van der Waals surface area (Å²) in [5.41, 5.74) is -2.36. The summed E-state index contributed by atoms with van der Waals surface area (Å²) in [6, 6.07) is 0.968. The summed E-state index contributed by atoms with van der Waals surface area (Å²) in [5, 5.41) is 4.21. The molecule has 4 rings (SSSR count). The predicted octanol–water partition coefficient (Wildman–Crippen LogP) is 0.849. The molecule has 1 saturated heterocycles. The maximum absolute atomic E-state index is 15.2. The molecule has 1 saturated carbocycles. The Kier molecular flexibility index (Phi) is 6.33. The molecule has 194 valence electrons. The number of halogens is 4. The van der Waals surface area contributed by atoms with E-state index in [1.54, 1.807) is 0 Å². The van der Waals surface area contributed by atoms with Gasteiger partial charge < -0.3 is 20.1 Å². The first kappa shape index (κ1) is 25.6. The number of likely N-dealkylation sites (tertiary alicyclic amines) is 1. The van der Waals surface area contributed by atoms with Crippen molar-refractivity contribution in [2.24, 2.45) is 13.0 Å². The van der Waals surface area contributed by atoms with Crippen molar-refractivity contribution in [3.05, 3.63) is 47.3 Å². The molecule has 1 aromatic carbocycles. The molecule has 1 aliphatic carbocycles. The van der Waals surface area contributed by atoms with E-state index in [4.69, 9.17) is 0 Å². The number of benzene rings is 1. The Labute approximate surface area is 202 Å². The molecule has 1 aliphatic heterocycles. The van der Waals surface area contributed by atoms with Crippen LogP contribution in [0.2, 0.25) is 0 Å². The summed E-state index contributed by atoms with van der Waals surface area (Å²) in [7, 11) is -2.07. The van der Waals surface area contributed by atoms with Gasteiger partial charge in [0, 0.05) is 51.2 Å². The molecule has 2 aromatic rings. The second-order valence-electron chi connectivity index (χ2n) is 8.73. The molecule has 15 heteroatoms. The van der Waals surface area contributed by atoms with Crippen molar-refractivity contribution in [1.82, 2.24) is 19.5 Å². The van der Waals surface area contributed by atoms with Gasteiger partial charge >= 0.3 is 11.8 Å². The molecule has 0 radical (unpaired) electrons. The maximum atomic E-state index is 15.2. The van der Waals surface area contributed by atoms with Crippen molar-refractivity contribution < 1.29 is 40.4 Å². The molecular formula is C21H21F4N5O5S. The number of likely N-dealkylation sites (N-methyl/N-ethyl adjacent to an activating group) is 1. The molecule has 36 heavy (non-hydrogen) atoms. The first-order chi connectivity index (χ1) is 16.8. The van der Waals surface area contributed by atoms with Crippen molar-refractivity contribution in [1.29, 1.82) is 0 Å². The Balaban J connectivity index is 1.56. The van der Waals surface area contributed by atoms with Gasteiger partial charge in [0.1, 0.15) is 10.6 Å². The van der Waals surface area contributed by atoms with Crippen LogP contribution >= 0.6 is 0 Å². The number of carbonyl (C=O) groups is 3. The number of aromatic nitrogens is 1. The number of fused-ring (bicyclic) bond motifs is 1. The topological polar surface area (TPSA) is 130 Å². The molecule has 2 heterocycles. The number of piperidine rings is 1. The van der Waals surface area contributed by atoms with Crippen LogP contribution in [0.3, 0.4) is 0 Å². The highest BCUT2D eigenvalue weighted by atomic mass is 32.2. The summed E-state index contributed by atoms with van der Waals surface area (Å²) in [6.45, 7) is 0.168. The minimum Gasteiger partial charge on any atom is -0.351 e. The molecule has 0 bridgehead atoms. The van der Waals surface area contributed by atoms with Crippen LogP contribution in [0.1, 0.15) is 23.3 Å². The Bertz CT molecular complexity index is 1370. The summed E-state index contributed by atoms with van der Waals surface area (Å²) in [4.78, 5) is 36.8. The van der Waals surface area contributed by atoms with Crippen LogP contribution in [0.15, 0.2) is 23.2 Å². The van der Waals surface area contributed by atoms with Gasteiger partial charge in [0.15, 0.2) is 23.3 Å². The molecule has 1 aromatic heterocycles. The molecule has 10 nitrogen and oxygen atoms in total. The number of rotatable bonds is 5. The zero-order valence-corrected chi connectivity index (χ0v) is 19.8. The summed E-state index contributed by atoms with van der Waals surface area (Å²) < 4.78 is 84.6. The number of nitrogens with zero attached hydrogens (tertiary/aromatic N) is 2. The largest absolute Gasteiger partial charge is 0.351 e. The van der Waals surface area contributed by atoms with Gasteiger partial charge in [0.25, 0.3) is 5.91 Å². The maximum Gasteiger partial charge on any atom is 0.311 e. The van der Waals surface area contributed by atoms with Crippen LogP contribution in [-0.4, -0.2) is 61.3 Å². The Morgan fingerprint density at radius 2 is 1.72 bits per heavy atom. The van der Waals surface area contributed by atoms with Crippen molar-refractivity contribution in [3.63, 3.8) is 0 Å². The van der Waals surface area contributed by atoms with Crippen molar-refractivity contribution >= 4 is 33.4 Å². The van der Waals surface area contributed by atoms with Crippen LogP contribution < -0.4 is 15.4 Å². The number of hydrogen-bond donors (Lipinski definition) is 3. The van der Waals surface area contributed by atoms with Crippen LogP contribution in [0, 0.1) is 29.2 Å². The van der Waals surface area contributed by atoms with E-state index in [1.165, 1.54) is 19.0 Å². The van der Waals surface area contributed by atoms with E-state index in [2.05, 4.69) is 10.0 Å². The standard InChI is InChI=1S/C21H21F4N5O5S/c1-26-19(32)20(33)30-4-3-10-7-21(10,9-30)28-36(34,35)14-8-29(2)17(16(14)25)18(31)27-11-5-12(22)15(24)13(23)6-11/h5-6,8,10,28H,3-4,7,9H2,1-2H3,(H,26,32)(H,27,31). The lowest BCUT2D eigenvalue weighted by molar-refractivity contribution is -0.146. The van der Waals surface area contributed by atoms with Gasteiger partial charge in [-0.25, -0.2) is 30.7 Å². The first-order valence-electron chi connectivity index (χ1n) is 10.7. The average molecular weight is 531 g/mol. The number of sulfonamides is 1. The lowest BCUT2D eigenvalue weighted by Crippen LogP contribution is -2.54. The monoisotopic (exact) mass is 531 g/mol. The molecule has 3 amide bonds. The van der Waals surface area contributed by atoms with Crippen molar-refractivity contribution in [2.75, 3.05) is 25.5 Å². The number of hydrogen-bond acceptors (Lipinski definition) is 5. The highest BCUT2D eigenvalue weighted by molar-refractivity contribution is 7.89. The average Bonchev–Trinajstić information content (AvgIpc) is 3.42.